The van der Waals surface area contributed by atoms with Crippen molar-refractivity contribution in [3.05, 3.63) is 34.6 Å². The number of benzene rings is 1. The maximum atomic E-state index is 13.1. The summed E-state index contributed by atoms with van der Waals surface area (Å²) < 4.78 is 13.1. The average Bonchev–Trinajstić information content (AvgIpc) is 2.57. The smallest absolute Gasteiger partial charge is 0.191 e. The molecule has 2 N–H and O–H groups in total. The molecule has 0 bridgehead atoms. The number of nitrogens with zero attached hydrogens (tertiary/aromatic N) is 2. The zero-order valence-electron chi connectivity index (χ0n) is 15.5. The summed E-state index contributed by atoms with van der Waals surface area (Å²) in [4.78, 5) is 6.84. The molecule has 1 heterocycles. The summed E-state index contributed by atoms with van der Waals surface area (Å²) in [6.45, 7) is 8.69. The molecule has 0 unspecified atom stereocenters. The van der Waals surface area contributed by atoms with Gasteiger partial charge in [0.25, 0.3) is 0 Å². The lowest BCUT2D eigenvalue weighted by Crippen LogP contribution is -2.49. The Kier molecular flexibility index (Phi) is 7.97. The first-order valence-corrected chi connectivity index (χ1v) is 9.49. The maximum Gasteiger partial charge on any atom is 0.191 e. The van der Waals surface area contributed by atoms with Crippen molar-refractivity contribution in [2.45, 2.75) is 39.2 Å². The fourth-order valence-electron chi connectivity index (χ4n) is 3.20. The highest BCUT2D eigenvalue weighted by molar-refractivity contribution is 6.31. The van der Waals surface area contributed by atoms with E-state index in [9.17, 15) is 4.39 Å². The molecule has 1 saturated heterocycles. The van der Waals surface area contributed by atoms with Crippen LogP contribution in [0.1, 0.15) is 32.3 Å². The second kappa shape index (κ2) is 9.97. The Morgan fingerprint density at radius 1 is 1.36 bits per heavy atom. The Labute approximate surface area is 155 Å². The predicted octanol–water partition coefficient (Wildman–Crippen LogP) is 3.31. The van der Waals surface area contributed by atoms with Crippen LogP contribution in [0.2, 0.25) is 5.02 Å². The standard InChI is InChI=1S/C19H30ClFN4/c1-14(2)13-25-10-7-17(8-11-25)24-19(22-3)23-9-6-15-4-5-16(21)12-18(15)20/h4-5,12,14,17H,6-11,13H2,1-3H3,(H2,22,23,24). The molecule has 0 saturated carbocycles. The van der Waals surface area contributed by atoms with Crippen molar-refractivity contribution in [2.24, 2.45) is 10.9 Å². The van der Waals surface area contributed by atoms with Crippen LogP contribution in [0, 0.1) is 11.7 Å². The Bertz CT molecular complexity index is 569. The van der Waals surface area contributed by atoms with Crippen LogP contribution >= 0.6 is 11.6 Å². The molecule has 0 spiro atoms. The van der Waals surface area contributed by atoms with Gasteiger partial charge in [-0.15, -0.1) is 0 Å². The summed E-state index contributed by atoms with van der Waals surface area (Å²) in [5, 5.41) is 7.31. The van der Waals surface area contributed by atoms with Gasteiger partial charge in [0.1, 0.15) is 5.82 Å². The summed E-state index contributed by atoms with van der Waals surface area (Å²) in [5.74, 6) is 1.24. The van der Waals surface area contributed by atoms with E-state index in [2.05, 4.69) is 34.4 Å². The van der Waals surface area contributed by atoms with Crippen molar-refractivity contribution in [3.63, 3.8) is 0 Å². The molecule has 0 aromatic heterocycles. The molecule has 1 fully saturated rings. The van der Waals surface area contributed by atoms with E-state index in [0.29, 0.717) is 17.6 Å². The van der Waals surface area contributed by atoms with E-state index in [-0.39, 0.29) is 5.82 Å². The molecule has 0 radical (unpaired) electrons. The molecule has 0 atom stereocenters. The lowest BCUT2D eigenvalue weighted by atomic mass is 10.0. The van der Waals surface area contributed by atoms with Gasteiger partial charge in [0, 0.05) is 44.3 Å². The number of halogens is 2. The fraction of sp³-hybridized carbons (Fsp3) is 0.632. The Hall–Kier alpha value is -1.33. The van der Waals surface area contributed by atoms with Gasteiger partial charge in [-0.05, 0) is 42.9 Å². The van der Waals surface area contributed by atoms with Crippen LogP contribution in [0.15, 0.2) is 23.2 Å². The van der Waals surface area contributed by atoms with E-state index >= 15 is 0 Å². The first kappa shape index (κ1) is 20.0. The molecule has 140 valence electrons. The van der Waals surface area contributed by atoms with Crippen molar-refractivity contribution in [3.8, 4) is 0 Å². The van der Waals surface area contributed by atoms with Gasteiger partial charge in [-0.25, -0.2) is 4.39 Å². The molecule has 0 aliphatic carbocycles. The lowest BCUT2D eigenvalue weighted by molar-refractivity contribution is 0.187. The lowest BCUT2D eigenvalue weighted by Gasteiger charge is -2.34. The van der Waals surface area contributed by atoms with Crippen LogP contribution in [0.5, 0.6) is 0 Å². The highest BCUT2D eigenvalue weighted by Gasteiger charge is 2.20. The molecule has 1 aliphatic heterocycles. The van der Waals surface area contributed by atoms with Crippen LogP contribution in [-0.4, -0.2) is 50.1 Å². The minimum atomic E-state index is -0.303. The van der Waals surface area contributed by atoms with Crippen LogP contribution in [0.3, 0.4) is 0 Å². The second-order valence-corrected chi connectivity index (χ2v) is 7.50. The van der Waals surface area contributed by atoms with Gasteiger partial charge in [0.05, 0.1) is 0 Å². The summed E-state index contributed by atoms with van der Waals surface area (Å²) in [5.41, 5.74) is 0.938. The quantitative estimate of drug-likeness (QED) is 0.597. The van der Waals surface area contributed by atoms with Gasteiger partial charge in [-0.1, -0.05) is 31.5 Å². The number of hydrogen-bond acceptors (Lipinski definition) is 2. The SMILES string of the molecule is CN=C(NCCc1ccc(F)cc1Cl)NC1CCN(CC(C)C)CC1. The zero-order chi connectivity index (χ0) is 18.2. The molecular formula is C19H30ClFN4. The zero-order valence-corrected chi connectivity index (χ0v) is 16.2. The monoisotopic (exact) mass is 368 g/mol. The number of piperidine rings is 1. The van der Waals surface area contributed by atoms with E-state index in [1.165, 1.54) is 18.7 Å². The number of guanidine groups is 1. The normalized spacial score (nSPS) is 17.1. The van der Waals surface area contributed by atoms with E-state index in [0.717, 1.165) is 49.8 Å². The summed E-state index contributed by atoms with van der Waals surface area (Å²) >= 11 is 6.07. The number of aliphatic imine (C=N–C) groups is 1. The molecule has 25 heavy (non-hydrogen) atoms. The number of likely N-dealkylation sites (tertiary alicyclic amines) is 1. The van der Waals surface area contributed by atoms with E-state index < -0.39 is 0 Å². The number of hydrogen-bond donors (Lipinski definition) is 2. The Morgan fingerprint density at radius 2 is 2.08 bits per heavy atom. The molecule has 1 aliphatic rings. The van der Waals surface area contributed by atoms with Crippen LogP contribution in [-0.2, 0) is 6.42 Å². The van der Waals surface area contributed by atoms with Crippen molar-refractivity contribution in [2.75, 3.05) is 33.2 Å². The summed E-state index contributed by atoms with van der Waals surface area (Å²) in [7, 11) is 1.79. The highest BCUT2D eigenvalue weighted by Crippen LogP contribution is 2.17. The second-order valence-electron chi connectivity index (χ2n) is 7.10. The van der Waals surface area contributed by atoms with Crippen LogP contribution < -0.4 is 10.6 Å². The van der Waals surface area contributed by atoms with Crippen LogP contribution in [0.25, 0.3) is 0 Å². The van der Waals surface area contributed by atoms with Crippen molar-refractivity contribution >= 4 is 17.6 Å². The Balaban J connectivity index is 1.72. The van der Waals surface area contributed by atoms with Crippen molar-refractivity contribution in [1.29, 1.82) is 0 Å². The van der Waals surface area contributed by atoms with Gasteiger partial charge in [0.15, 0.2) is 5.96 Å². The van der Waals surface area contributed by atoms with E-state index in [4.69, 9.17) is 11.6 Å². The third-order valence-electron chi connectivity index (χ3n) is 4.48. The summed E-state index contributed by atoms with van der Waals surface area (Å²) in [6.07, 6.45) is 3.00. The number of rotatable bonds is 6. The van der Waals surface area contributed by atoms with Crippen LogP contribution in [0.4, 0.5) is 4.39 Å². The minimum absolute atomic E-state index is 0.303. The van der Waals surface area contributed by atoms with Gasteiger partial charge in [-0.2, -0.15) is 0 Å². The van der Waals surface area contributed by atoms with Gasteiger partial charge >= 0.3 is 0 Å². The molecular weight excluding hydrogens is 339 g/mol. The van der Waals surface area contributed by atoms with Gasteiger partial charge in [-0.3, -0.25) is 4.99 Å². The van der Waals surface area contributed by atoms with E-state index in [1.54, 1.807) is 13.1 Å². The highest BCUT2D eigenvalue weighted by atomic mass is 35.5. The first-order valence-electron chi connectivity index (χ1n) is 9.11. The van der Waals surface area contributed by atoms with Crippen molar-refractivity contribution < 1.29 is 4.39 Å². The van der Waals surface area contributed by atoms with Gasteiger partial charge < -0.3 is 15.5 Å². The molecule has 1 aromatic rings. The largest absolute Gasteiger partial charge is 0.356 e. The molecule has 0 amide bonds. The van der Waals surface area contributed by atoms with Gasteiger partial charge in [0.2, 0.25) is 0 Å². The topological polar surface area (TPSA) is 39.7 Å². The molecule has 6 heteroatoms. The van der Waals surface area contributed by atoms with E-state index in [1.807, 2.05) is 0 Å². The predicted molar refractivity (Wildman–Crippen MR) is 104 cm³/mol. The minimum Gasteiger partial charge on any atom is -0.356 e. The third-order valence-corrected chi connectivity index (χ3v) is 4.83. The third kappa shape index (κ3) is 6.83. The fourth-order valence-corrected chi connectivity index (χ4v) is 3.47. The summed E-state index contributed by atoms with van der Waals surface area (Å²) in [6, 6.07) is 5.00. The molecule has 4 nitrogen and oxygen atoms in total. The first-order chi connectivity index (χ1) is 12.0. The molecule has 1 aromatic carbocycles. The molecule has 2 rings (SSSR count). The number of nitrogens with one attached hydrogen (secondary N) is 2. The van der Waals surface area contributed by atoms with Crippen molar-refractivity contribution in [1.82, 2.24) is 15.5 Å². The average molecular weight is 369 g/mol. The maximum absolute atomic E-state index is 13.1. The Morgan fingerprint density at radius 3 is 2.68 bits per heavy atom.